The zero-order valence-electron chi connectivity index (χ0n) is 18.9. The van der Waals surface area contributed by atoms with Crippen LogP contribution in [0.15, 0.2) is 54.6 Å². The second-order valence-corrected chi connectivity index (χ2v) is 9.19. The van der Waals surface area contributed by atoms with Crippen LogP contribution in [0.3, 0.4) is 0 Å². The van der Waals surface area contributed by atoms with Gasteiger partial charge in [0.25, 0.3) is 0 Å². The fraction of sp³-hybridized carbons (Fsp3) is 0.462. The lowest BCUT2D eigenvalue weighted by Crippen LogP contribution is -2.69. The van der Waals surface area contributed by atoms with E-state index in [2.05, 4.69) is 10.6 Å². The molecule has 0 aliphatic heterocycles. The first-order chi connectivity index (χ1) is 15.5. The Kier molecular flexibility index (Phi) is 6.51. The Morgan fingerprint density at radius 2 is 1.72 bits per heavy atom. The van der Waals surface area contributed by atoms with Gasteiger partial charge in [-0.25, -0.2) is 4.79 Å². The van der Waals surface area contributed by atoms with Crippen LogP contribution in [0.4, 0.5) is 0 Å². The van der Waals surface area contributed by atoms with E-state index in [-0.39, 0.29) is 17.9 Å². The Hall–Kier alpha value is -2.86. The lowest BCUT2D eigenvalue weighted by Gasteiger charge is -2.60. The lowest BCUT2D eigenvalue weighted by molar-refractivity contribution is -0.145. The Labute approximate surface area is 189 Å². The largest absolute Gasteiger partial charge is 0.492 e. The molecule has 2 aromatic carbocycles. The molecule has 0 bridgehead atoms. The Morgan fingerprint density at radius 1 is 1.03 bits per heavy atom. The minimum Gasteiger partial charge on any atom is -0.492 e. The van der Waals surface area contributed by atoms with Gasteiger partial charge in [-0.15, -0.1) is 0 Å². The van der Waals surface area contributed by atoms with E-state index in [0.29, 0.717) is 24.1 Å². The van der Waals surface area contributed by atoms with Crippen LogP contribution in [0.5, 0.6) is 5.75 Å². The number of hydrogen-bond acceptors (Lipinski definition) is 5. The number of esters is 1. The van der Waals surface area contributed by atoms with Gasteiger partial charge in [-0.2, -0.15) is 0 Å². The molecule has 4 rings (SSSR count). The maximum atomic E-state index is 13.4. The average molecular weight is 437 g/mol. The monoisotopic (exact) mass is 436 g/mol. The maximum absolute atomic E-state index is 13.4. The molecule has 0 unspecified atom stereocenters. The number of nitrogens with one attached hydrogen (secondary N) is 2. The summed E-state index contributed by atoms with van der Waals surface area (Å²) in [5, 5.41) is 6.70. The van der Waals surface area contributed by atoms with Crippen LogP contribution in [0.25, 0.3) is 0 Å². The third-order valence-corrected chi connectivity index (χ3v) is 6.96. The number of methoxy groups -OCH3 is 1. The molecule has 2 saturated carbocycles. The fourth-order valence-electron chi connectivity index (χ4n) is 5.04. The van der Waals surface area contributed by atoms with E-state index in [1.807, 2.05) is 49.4 Å². The second-order valence-electron chi connectivity index (χ2n) is 9.19. The third-order valence-electron chi connectivity index (χ3n) is 6.96. The van der Waals surface area contributed by atoms with Crippen molar-refractivity contribution in [1.82, 2.24) is 10.6 Å². The highest BCUT2D eigenvalue weighted by Crippen LogP contribution is 2.60. The molecular weight excluding hydrogens is 404 g/mol. The summed E-state index contributed by atoms with van der Waals surface area (Å²) in [4.78, 5) is 25.0. The molecule has 170 valence electrons. The molecule has 6 heteroatoms. The highest BCUT2D eigenvalue weighted by Gasteiger charge is 2.60. The van der Waals surface area contributed by atoms with Crippen LogP contribution in [-0.2, 0) is 9.53 Å². The summed E-state index contributed by atoms with van der Waals surface area (Å²) in [7, 11) is 1.37. The van der Waals surface area contributed by atoms with Crippen molar-refractivity contribution in [2.45, 2.75) is 50.6 Å². The number of para-hydroxylation sites is 1. The van der Waals surface area contributed by atoms with Crippen LogP contribution in [0.1, 0.15) is 61.0 Å². The summed E-state index contributed by atoms with van der Waals surface area (Å²) in [6, 6.07) is 16.7. The van der Waals surface area contributed by atoms with Gasteiger partial charge in [0.05, 0.1) is 24.3 Å². The highest BCUT2D eigenvalue weighted by molar-refractivity contribution is 5.89. The van der Waals surface area contributed by atoms with Gasteiger partial charge in [-0.05, 0) is 67.9 Å². The molecule has 1 spiro atoms. The first kappa shape index (κ1) is 22.3. The number of benzene rings is 2. The standard InChI is InChI=1S/C26H32N2O4/c1-19(20-9-11-21(12-10-20)23(29)31-2)28-24(30)26(17-25(18-26)13-6-14-25)27-15-16-32-22-7-4-3-5-8-22/h3-5,7-12,19,27H,6,13-18H2,1-2H3,(H,28,30)/t19-/m0/s1. The molecule has 2 fully saturated rings. The first-order valence-electron chi connectivity index (χ1n) is 11.4. The van der Waals surface area contributed by atoms with E-state index < -0.39 is 5.54 Å². The number of hydrogen-bond donors (Lipinski definition) is 2. The maximum Gasteiger partial charge on any atom is 0.337 e. The number of carbonyl (C=O) groups is 2. The van der Waals surface area contributed by atoms with Gasteiger partial charge in [0.2, 0.25) is 5.91 Å². The van der Waals surface area contributed by atoms with Crippen molar-refractivity contribution < 1.29 is 19.1 Å². The van der Waals surface area contributed by atoms with Crippen LogP contribution in [-0.4, -0.2) is 37.7 Å². The van der Waals surface area contributed by atoms with Crippen molar-refractivity contribution >= 4 is 11.9 Å². The van der Waals surface area contributed by atoms with Crippen LogP contribution < -0.4 is 15.4 Å². The second kappa shape index (κ2) is 9.33. The molecule has 0 saturated heterocycles. The summed E-state index contributed by atoms with van der Waals surface area (Å²) in [5.74, 6) is 0.509. The molecule has 1 atom stereocenters. The van der Waals surface area contributed by atoms with Crippen molar-refractivity contribution in [1.29, 1.82) is 0 Å². The topological polar surface area (TPSA) is 76.7 Å². The number of rotatable bonds is 9. The molecule has 1 amide bonds. The van der Waals surface area contributed by atoms with Gasteiger partial charge in [-0.3, -0.25) is 10.1 Å². The Bertz CT molecular complexity index is 930. The van der Waals surface area contributed by atoms with Crippen LogP contribution >= 0.6 is 0 Å². The van der Waals surface area contributed by atoms with Crippen molar-refractivity contribution in [3.8, 4) is 5.75 Å². The summed E-state index contributed by atoms with van der Waals surface area (Å²) in [6.45, 7) is 3.09. The lowest BCUT2D eigenvalue weighted by atomic mass is 9.48. The summed E-state index contributed by atoms with van der Waals surface area (Å²) >= 11 is 0. The van der Waals surface area contributed by atoms with Gasteiger partial charge in [0.15, 0.2) is 0 Å². The predicted molar refractivity (Wildman–Crippen MR) is 123 cm³/mol. The molecule has 2 aromatic rings. The third kappa shape index (κ3) is 4.65. The van der Waals surface area contributed by atoms with E-state index in [9.17, 15) is 9.59 Å². The quantitative estimate of drug-likeness (QED) is 0.459. The van der Waals surface area contributed by atoms with Crippen molar-refractivity contribution in [3.05, 3.63) is 65.7 Å². The molecule has 0 aromatic heterocycles. The van der Waals surface area contributed by atoms with Crippen LogP contribution in [0, 0.1) is 5.41 Å². The zero-order chi connectivity index (χ0) is 22.6. The Morgan fingerprint density at radius 3 is 2.31 bits per heavy atom. The summed E-state index contributed by atoms with van der Waals surface area (Å²) in [6.07, 6.45) is 5.46. The highest BCUT2D eigenvalue weighted by atomic mass is 16.5. The van der Waals surface area contributed by atoms with Gasteiger partial charge in [0.1, 0.15) is 12.4 Å². The van der Waals surface area contributed by atoms with E-state index in [4.69, 9.17) is 9.47 Å². The number of carbonyl (C=O) groups excluding carboxylic acids is 2. The number of amides is 1. The van der Waals surface area contributed by atoms with E-state index in [1.165, 1.54) is 26.4 Å². The van der Waals surface area contributed by atoms with E-state index in [1.54, 1.807) is 12.1 Å². The van der Waals surface area contributed by atoms with E-state index >= 15 is 0 Å². The minimum absolute atomic E-state index is 0.0410. The molecule has 0 heterocycles. The van der Waals surface area contributed by atoms with Crippen molar-refractivity contribution in [2.75, 3.05) is 20.3 Å². The van der Waals surface area contributed by atoms with Crippen molar-refractivity contribution in [3.63, 3.8) is 0 Å². The number of ether oxygens (including phenoxy) is 2. The SMILES string of the molecule is COC(=O)c1ccc([C@H](C)NC(=O)C2(NCCOc3ccccc3)CC3(CCC3)C2)cc1. The van der Waals surface area contributed by atoms with Gasteiger partial charge in [-0.1, -0.05) is 36.8 Å². The fourth-order valence-corrected chi connectivity index (χ4v) is 5.04. The smallest absolute Gasteiger partial charge is 0.337 e. The molecule has 6 nitrogen and oxygen atoms in total. The molecule has 0 radical (unpaired) electrons. The normalized spacial score (nSPS) is 18.7. The molecule has 2 N–H and O–H groups in total. The molecule has 2 aliphatic carbocycles. The van der Waals surface area contributed by atoms with Gasteiger partial charge < -0.3 is 14.8 Å². The van der Waals surface area contributed by atoms with Crippen LogP contribution in [0.2, 0.25) is 0 Å². The molecule has 2 aliphatic rings. The van der Waals surface area contributed by atoms with E-state index in [0.717, 1.165) is 24.2 Å². The zero-order valence-corrected chi connectivity index (χ0v) is 18.9. The average Bonchev–Trinajstić information content (AvgIpc) is 2.77. The van der Waals surface area contributed by atoms with Gasteiger partial charge >= 0.3 is 5.97 Å². The Balaban J connectivity index is 1.35. The van der Waals surface area contributed by atoms with Gasteiger partial charge in [0, 0.05) is 6.54 Å². The molecular formula is C26H32N2O4. The minimum atomic E-state index is -0.541. The first-order valence-corrected chi connectivity index (χ1v) is 11.4. The van der Waals surface area contributed by atoms with Crippen molar-refractivity contribution in [2.24, 2.45) is 5.41 Å². The predicted octanol–water partition coefficient (Wildman–Crippen LogP) is 4.02. The molecule has 32 heavy (non-hydrogen) atoms. The summed E-state index contributed by atoms with van der Waals surface area (Å²) < 4.78 is 10.6. The summed E-state index contributed by atoms with van der Waals surface area (Å²) in [5.41, 5.74) is 1.25.